The molecule has 0 heterocycles. The molecule has 0 aromatic heterocycles. The van der Waals surface area contributed by atoms with Gasteiger partial charge < -0.3 is 20.5 Å². The monoisotopic (exact) mass is 336 g/mol. The first-order valence-electron chi connectivity index (χ1n) is 8.10. The van der Waals surface area contributed by atoms with Gasteiger partial charge in [-0.3, -0.25) is 4.79 Å². The summed E-state index contributed by atoms with van der Waals surface area (Å²) in [6.45, 7) is 8.50. The van der Waals surface area contributed by atoms with Crippen LogP contribution in [-0.4, -0.2) is 40.9 Å². The van der Waals surface area contributed by atoms with Crippen molar-refractivity contribution in [3.63, 3.8) is 0 Å². The molecule has 0 spiro atoms. The van der Waals surface area contributed by atoms with Crippen LogP contribution in [-0.2, 0) is 16.0 Å². The van der Waals surface area contributed by atoms with E-state index in [2.05, 4.69) is 10.6 Å². The Bertz CT molecular complexity index is 538. The van der Waals surface area contributed by atoms with Crippen molar-refractivity contribution in [3.8, 4) is 0 Å². The van der Waals surface area contributed by atoms with Gasteiger partial charge in [0.1, 0.15) is 11.6 Å². The molecule has 3 N–H and O–H groups in total. The molecule has 1 aromatic carbocycles. The molecule has 2 amide bonds. The van der Waals surface area contributed by atoms with Crippen LogP contribution >= 0.6 is 0 Å². The minimum absolute atomic E-state index is 0.137. The number of hydrogen-bond acceptors (Lipinski definition) is 4. The highest BCUT2D eigenvalue weighted by Gasteiger charge is 2.28. The fraction of sp³-hybridized carbons (Fsp3) is 0.556. The number of ether oxygens (including phenoxy) is 1. The van der Waals surface area contributed by atoms with Crippen LogP contribution in [0.1, 0.15) is 40.2 Å². The molecule has 0 aliphatic carbocycles. The molecule has 6 nitrogen and oxygen atoms in total. The Labute approximate surface area is 143 Å². The van der Waals surface area contributed by atoms with Crippen LogP contribution in [0.3, 0.4) is 0 Å². The van der Waals surface area contributed by atoms with Gasteiger partial charge in [0.05, 0.1) is 6.10 Å². The van der Waals surface area contributed by atoms with E-state index in [0.29, 0.717) is 6.42 Å². The Morgan fingerprint density at radius 3 is 2.21 bits per heavy atom. The molecule has 0 bridgehead atoms. The minimum atomic E-state index is -1.07. The molecule has 0 radical (unpaired) electrons. The summed E-state index contributed by atoms with van der Waals surface area (Å²) < 4.78 is 5.13. The van der Waals surface area contributed by atoms with Crippen LogP contribution in [0.2, 0.25) is 0 Å². The molecule has 0 aliphatic rings. The number of carbonyl (C=O) groups excluding carboxylic acids is 2. The SMILES string of the molecule is CC(Cc1ccccc1)NC(=O)[C@H](NC(=O)OC(C)(C)C)[C@H](C)O. The van der Waals surface area contributed by atoms with Crippen LogP contribution in [0, 0.1) is 0 Å². The van der Waals surface area contributed by atoms with Crippen molar-refractivity contribution in [2.45, 2.75) is 64.8 Å². The standard InChI is InChI=1S/C18H28N2O4/c1-12(11-14-9-7-6-8-10-14)19-16(22)15(13(2)21)20-17(23)24-18(3,4)5/h6-10,12-13,15,21H,11H2,1-5H3,(H,19,22)(H,20,23)/t12?,13-,15+/m0/s1. The van der Waals surface area contributed by atoms with Gasteiger partial charge in [0.2, 0.25) is 5.91 Å². The lowest BCUT2D eigenvalue weighted by Crippen LogP contribution is -2.55. The molecule has 1 unspecified atom stereocenters. The Hall–Kier alpha value is -2.08. The molecule has 3 atom stereocenters. The van der Waals surface area contributed by atoms with E-state index in [4.69, 9.17) is 4.74 Å². The highest BCUT2D eigenvalue weighted by atomic mass is 16.6. The highest BCUT2D eigenvalue weighted by molar-refractivity contribution is 5.86. The normalized spacial score (nSPS) is 15.1. The van der Waals surface area contributed by atoms with Gasteiger partial charge in [-0.1, -0.05) is 30.3 Å². The third-order valence-electron chi connectivity index (χ3n) is 3.21. The van der Waals surface area contributed by atoms with Gasteiger partial charge in [-0.15, -0.1) is 0 Å². The van der Waals surface area contributed by atoms with E-state index in [1.807, 2.05) is 37.3 Å². The van der Waals surface area contributed by atoms with Crippen LogP contribution in [0.25, 0.3) is 0 Å². The van der Waals surface area contributed by atoms with Crippen molar-refractivity contribution >= 4 is 12.0 Å². The Morgan fingerprint density at radius 2 is 1.71 bits per heavy atom. The second-order valence-corrected chi connectivity index (χ2v) is 6.96. The summed E-state index contributed by atoms with van der Waals surface area (Å²) >= 11 is 0. The maximum Gasteiger partial charge on any atom is 0.408 e. The van der Waals surface area contributed by atoms with Gasteiger partial charge in [-0.25, -0.2) is 4.79 Å². The number of carbonyl (C=O) groups is 2. The zero-order valence-corrected chi connectivity index (χ0v) is 15.0. The van der Waals surface area contributed by atoms with Gasteiger partial charge in [-0.05, 0) is 46.6 Å². The quantitative estimate of drug-likeness (QED) is 0.741. The van der Waals surface area contributed by atoms with Crippen LogP contribution in [0.15, 0.2) is 30.3 Å². The second kappa shape index (κ2) is 8.68. The van der Waals surface area contributed by atoms with E-state index >= 15 is 0 Å². The molecule has 0 saturated heterocycles. The first-order chi connectivity index (χ1) is 11.1. The van der Waals surface area contributed by atoms with Crippen molar-refractivity contribution in [1.29, 1.82) is 0 Å². The fourth-order valence-corrected chi connectivity index (χ4v) is 2.19. The zero-order chi connectivity index (χ0) is 18.3. The van der Waals surface area contributed by atoms with E-state index in [1.54, 1.807) is 20.8 Å². The predicted octanol–water partition coefficient (Wildman–Crippen LogP) is 2.01. The average Bonchev–Trinajstić information content (AvgIpc) is 2.43. The Balaban J connectivity index is 2.61. The lowest BCUT2D eigenvalue weighted by Gasteiger charge is -2.25. The van der Waals surface area contributed by atoms with E-state index in [1.165, 1.54) is 6.92 Å². The van der Waals surface area contributed by atoms with Crippen molar-refractivity contribution in [2.24, 2.45) is 0 Å². The zero-order valence-electron chi connectivity index (χ0n) is 15.0. The first kappa shape index (κ1) is 20.0. The lowest BCUT2D eigenvalue weighted by molar-refractivity contribution is -0.126. The van der Waals surface area contributed by atoms with E-state index in [9.17, 15) is 14.7 Å². The van der Waals surface area contributed by atoms with Crippen LogP contribution in [0.4, 0.5) is 4.79 Å². The molecule has 6 heteroatoms. The predicted molar refractivity (Wildman–Crippen MR) is 92.6 cm³/mol. The topological polar surface area (TPSA) is 87.7 Å². The summed E-state index contributed by atoms with van der Waals surface area (Å²) in [4.78, 5) is 24.2. The molecule has 1 rings (SSSR count). The molecule has 0 saturated carbocycles. The number of nitrogens with one attached hydrogen (secondary N) is 2. The van der Waals surface area contributed by atoms with Gasteiger partial charge in [-0.2, -0.15) is 0 Å². The molecule has 0 aliphatic heterocycles. The molecular formula is C18H28N2O4. The Kier molecular flexibility index (Phi) is 7.22. The number of hydrogen-bond donors (Lipinski definition) is 3. The molecular weight excluding hydrogens is 308 g/mol. The number of amides is 2. The number of alkyl carbamates (subject to hydrolysis) is 1. The smallest absolute Gasteiger partial charge is 0.408 e. The Morgan fingerprint density at radius 1 is 1.12 bits per heavy atom. The summed E-state index contributed by atoms with van der Waals surface area (Å²) in [5.41, 5.74) is 0.420. The largest absolute Gasteiger partial charge is 0.444 e. The summed E-state index contributed by atoms with van der Waals surface area (Å²) in [5, 5.41) is 15.0. The molecule has 24 heavy (non-hydrogen) atoms. The van der Waals surface area contributed by atoms with E-state index in [0.717, 1.165) is 5.56 Å². The number of aliphatic hydroxyl groups is 1. The second-order valence-electron chi connectivity index (χ2n) is 6.96. The minimum Gasteiger partial charge on any atom is -0.444 e. The van der Waals surface area contributed by atoms with Crippen molar-refractivity contribution in [1.82, 2.24) is 10.6 Å². The molecule has 0 fully saturated rings. The van der Waals surface area contributed by atoms with E-state index in [-0.39, 0.29) is 6.04 Å². The third kappa shape index (κ3) is 7.46. The summed E-state index contributed by atoms with van der Waals surface area (Å²) in [6.07, 6.45) is -1.12. The van der Waals surface area contributed by atoms with Gasteiger partial charge in [0.25, 0.3) is 0 Å². The maximum absolute atomic E-state index is 12.3. The van der Waals surface area contributed by atoms with Crippen molar-refractivity contribution < 1.29 is 19.4 Å². The first-order valence-corrected chi connectivity index (χ1v) is 8.10. The number of rotatable bonds is 6. The molecule has 134 valence electrons. The van der Waals surface area contributed by atoms with Gasteiger partial charge >= 0.3 is 6.09 Å². The lowest BCUT2D eigenvalue weighted by atomic mass is 10.1. The number of aliphatic hydroxyl groups excluding tert-OH is 1. The van der Waals surface area contributed by atoms with Gasteiger partial charge in [0, 0.05) is 6.04 Å². The summed E-state index contributed by atoms with van der Waals surface area (Å²) in [7, 11) is 0. The van der Waals surface area contributed by atoms with Gasteiger partial charge in [0.15, 0.2) is 0 Å². The fourth-order valence-electron chi connectivity index (χ4n) is 2.19. The van der Waals surface area contributed by atoms with Crippen molar-refractivity contribution in [3.05, 3.63) is 35.9 Å². The van der Waals surface area contributed by atoms with Crippen LogP contribution < -0.4 is 10.6 Å². The summed E-state index contributed by atoms with van der Waals surface area (Å²) in [6, 6.07) is 8.56. The highest BCUT2D eigenvalue weighted by Crippen LogP contribution is 2.08. The summed E-state index contributed by atoms with van der Waals surface area (Å²) in [5.74, 6) is -0.445. The van der Waals surface area contributed by atoms with Crippen molar-refractivity contribution in [2.75, 3.05) is 0 Å². The average molecular weight is 336 g/mol. The molecule has 1 aromatic rings. The number of benzene rings is 1. The third-order valence-corrected chi connectivity index (χ3v) is 3.21. The van der Waals surface area contributed by atoms with Crippen LogP contribution in [0.5, 0.6) is 0 Å². The maximum atomic E-state index is 12.3. The van der Waals surface area contributed by atoms with E-state index < -0.39 is 29.7 Å².